The number of nitrogen functional groups attached to an aromatic ring is 1. The molecule has 20 heavy (non-hydrogen) atoms. The van der Waals surface area contributed by atoms with Gasteiger partial charge in [0, 0.05) is 16.5 Å². The predicted octanol–water partition coefficient (Wildman–Crippen LogP) is 4.31. The average Bonchev–Trinajstić information content (AvgIpc) is 2.50. The van der Waals surface area contributed by atoms with Gasteiger partial charge in [-0.05, 0) is 24.1 Å². The number of aryl methyl sites for hydroxylation is 1. The van der Waals surface area contributed by atoms with Crippen molar-refractivity contribution in [2.75, 3.05) is 5.73 Å². The Morgan fingerprint density at radius 2 is 1.55 bits per heavy atom. The van der Waals surface area contributed by atoms with Gasteiger partial charge in [0.25, 0.3) is 0 Å². The summed E-state index contributed by atoms with van der Waals surface area (Å²) in [6.45, 7) is 2.57. The molecule has 3 rings (SSSR count). The zero-order valence-electron chi connectivity index (χ0n) is 11.5. The van der Waals surface area contributed by atoms with Crippen LogP contribution < -0.4 is 10.5 Å². The van der Waals surface area contributed by atoms with E-state index in [1.54, 1.807) is 0 Å². The van der Waals surface area contributed by atoms with E-state index in [1.807, 2.05) is 55.5 Å². The molecular weight excluding hydrogens is 246 g/mol. The topological polar surface area (TPSA) is 35.2 Å². The highest BCUT2D eigenvalue weighted by molar-refractivity contribution is 5.98. The molecule has 100 valence electrons. The molecule has 0 amide bonds. The van der Waals surface area contributed by atoms with Gasteiger partial charge in [-0.1, -0.05) is 54.6 Å². The normalized spacial score (nSPS) is 10.7. The Kier molecular flexibility index (Phi) is 3.30. The molecule has 2 N–H and O–H groups in total. The maximum Gasteiger partial charge on any atom is 0.128 e. The van der Waals surface area contributed by atoms with Crippen molar-refractivity contribution >= 4 is 16.5 Å². The summed E-state index contributed by atoms with van der Waals surface area (Å²) in [5.41, 5.74) is 9.17. The first-order chi connectivity index (χ1) is 9.75. The van der Waals surface area contributed by atoms with Crippen molar-refractivity contribution in [3.05, 3.63) is 71.8 Å². The molecule has 0 aliphatic heterocycles. The van der Waals surface area contributed by atoms with Crippen LogP contribution in [0.5, 0.6) is 5.75 Å². The van der Waals surface area contributed by atoms with Crippen LogP contribution in [0.3, 0.4) is 0 Å². The minimum atomic E-state index is 0.564. The van der Waals surface area contributed by atoms with Crippen LogP contribution in [0.1, 0.15) is 11.1 Å². The maximum absolute atomic E-state index is 6.14. The van der Waals surface area contributed by atoms with Crippen LogP contribution in [0.15, 0.2) is 60.7 Å². The number of hydrogen-bond donors (Lipinski definition) is 1. The van der Waals surface area contributed by atoms with E-state index >= 15 is 0 Å². The number of ether oxygens (including phenoxy) is 1. The van der Waals surface area contributed by atoms with Gasteiger partial charge in [0.05, 0.1) is 0 Å². The number of benzene rings is 3. The van der Waals surface area contributed by atoms with Crippen LogP contribution >= 0.6 is 0 Å². The second-order valence-corrected chi connectivity index (χ2v) is 4.93. The van der Waals surface area contributed by atoms with Crippen molar-refractivity contribution in [2.45, 2.75) is 13.5 Å². The minimum Gasteiger partial charge on any atom is -0.488 e. The molecule has 0 spiro atoms. The summed E-state index contributed by atoms with van der Waals surface area (Å²) in [7, 11) is 0. The minimum absolute atomic E-state index is 0.564. The number of anilines is 1. The molecule has 0 atom stereocenters. The van der Waals surface area contributed by atoms with E-state index in [9.17, 15) is 0 Å². The zero-order chi connectivity index (χ0) is 13.9. The number of fused-ring (bicyclic) bond motifs is 1. The number of hydrogen-bond acceptors (Lipinski definition) is 2. The van der Waals surface area contributed by atoms with Crippen molar-refractivity contribution in [1.29, 1.82) is 0 Å². The summed E-state index contributed by atoms with van der Waals surface area (Å²) in [6.07, 6.45) is 0. The molecule has 0 bridgehead atoms. The van der Waals surface area contributed by atoms with Crippen molar-refractivity contribution in [3.8, 4) is 5.75 Å². The molecule has 3 aromatic carbocycles. The number of rotatable bonds is 3. The lowest BCUT2D eigenvalue weighted by atomic mass is 10.0. The second-order valence-electron chi connectivity index (χ2n) is 4.93. The molecule has 0 fully saturated rings. The van der Waals surface area contributed by atoms with E-state index in [1.165, 1.54) is 0 Å². The third-order valence-corrected chi connectivity index (χ3v) is 3.49. The van der Waals surface area contributed by atoms with Crippen LogP contribution in [0, 0.1) is 6.92 Å². The van der Waals surface area contributed by atoms with Gasteiger partial charge in [-0.2, -0.15) is 0 Å². The monoisotopic (exact) mass is 263 g/mol. The van der Waals surface area contributed by atoms with E-state index in [0.29, 0.717) is 6.61 Å². The van der Waals surface area contributed by atoms with Crippen molar-refractivity contribution in [2.24, 2.45) is 0 Å². The van der Waals surface area contributed by atoms with E-state index in [2.05, 4.69) is 12.1 Å². The molecule has 2 nitrogen and oxygen atoms in total. The molecule has 0 aliphatic rings. The fourth-order valence-corrected chi connectivity index (χ4v) is 2.35. The molecule has 0 radical (unpaired) electrons. The summed E-state index contributed by atoms with van der Waals surface area (Å²) < 4.78 is 5.99. The molecule has 2 heteroatoms. The van der Waals surface area contributed by atoms with Gasteiger partial charge in [-0.25, -0.2) is 0 Å². The second kappa shape index (κ2) is 5.25. The van der Waals surface area contributed by atoms with Crippen LogP contribution in [0.2, 0.25) is 0 Å². The van der Waals surface area contributed by atoms with Gasteiger partial charge in [0.15, 0.2) is 0 Å². The van der Waals surface area contributed by atoms with Crippen molar-refractivity contribution in [3.63, 3.8) is 0 Å². The predicted molar refractivity (Wildman–Crippen MR) is 83.9 cm³/mol. The van der Waals surface area contributed by atoms with E-state index in [4.69, 9.17) is 10.5 Å². The number of nitrogens with two attached hydrogens (primary N) is 1. The summed E-state index contributed by atoms with van der Waals surface area (Å²) in [6, 6.07) is 20.3. The molecular formula is C18H17NO. The van der Waals surface area contributed by atoms with Crippen LogP contribution in [0.25, 0.3) is 10.8 Å². The molecule has 0 aromatic heterocycles. The lowest BCUT2D eigenvalue weighted by Crippen LogP contribution is -1.98. The summed E-state index contributed by atoms with van der Waals surface area (Å²) >= 11 is 0. The molecule has 3 aromatic rings. The SMILES string of the molecule is Cc1cc(OCc2ccccc2)c2ccccc2c1N. The first-order valence-corrected chi connectivity index (χ1v) is 6.70. The van der Waals surface area contributed by atoms with Gasteiger partial charge in [-0.15, -0.1) is 0 Å². The van der Waals surface area contributed by atoms with Crippen LogP contribution in [-0.2, 0) is 6.61 Å². The summed E-state index contributed by atoms with van der Waals surface area (Å²) in [5, 5.41) is 2.11. The first kappa shape index (κ1) is 12.5. The van der Waals surface area contributed by atoms with Gasteiger partial charge < -0.3 is 10.5 Å². The van der Waals surface area contributed by atoms with Gasteiger partial charge in [0.2, 0.25) is 0 Å². The Morgan fingerprint density at radius 3 is 2.30 bits per heavy atom. The van der Waals surface area contributed by atoms with Crippen molar-refractivity contribution < 1.29 is 4.74 Å². The quantitative estimate of drug-likeness (QED) is 0.715. The van der Waals surface area contributed by atoms with E-state index < -0.39 is 0 Å². The third kappa shape index (κ3) is 2.32. The highest BCUT2D eigenvalue weighted by Gasteiger charge is 2.08. The smallest absolute Gasteiger partial charge is 0.128 e. The average molecular weight is 263 g/mol. The lowest BCUT2D eigenvalue weighted by molar-refractivity contribution is 0.310. The Labute approximate surface area is 118 Å². The third-order valence-electron chi connectivity index (χ3n) is 3.49. The highest BCUT2D eigenvalue weighted by Crippen LogP contribution is 2.33. The van der Waals surface area contributed by atoms with Crippen LogP contribution in [-0.4, -0.2) is 0 Å². The molecule has 0 saturated carbocycles. The summed E-state index contributed by atoms with van der Waals surface area (Å²) in [4.78, 5) is 0. The zero-order valence-corrected chi connectivity index (χ0v) is 11.5. The molecule has 0 saturated heterocycles. The van der Waals surface area contributed by atoms with Gasteiger partial charge >= 0.3 is 0 Å². The van der Waals surface area contributed by atoms with Crippen molar-refractivity contribution in [1.82, 2.24) is 0 Å². The summed E-state index contributed by atoms with van der Waals surface area (Å²) in [5.74, 6) is 0.885. The highest BCUT2D eigenvalue weighted by atomic mass is 16.5. The largest absolute Gasteiger partial charge is 0.488 e. The standard InChI is InChI=1S/C18H17NO/c1-13-11-17(20-12-14-7-3-2-4-8-14)15-9-5-6-10-16(15)18(13)19/h2-11H,12,19H2,1H3. The molecule has 0 heterocycles. The van der Waals surface area contributed by atoms with E-state index in [0.717, 1.165) is 33.3 Å². The fourth-order valence-electron chi connectivity index (χ4n) is 2.35. The first-order valence-electron chi connectivity index (χ1n) is 6.70. The molecule has 0 aliphatic carbocycles. The Morgan fingerprint density at radius 1 is 0.900 bits per heavy atom. The Hall–Kier alpha value is -2.48. The molecule has 0 unspecified atom stereocenters. The fraction of sp³-hybridized carbons (Fsp3) is 0.111. The Balaban J connectivity index is 1.97. The van der Waals surface area contributed by atoms with Crippen LogP contribution in [0.4, 0.5) is 5.69 Å². The Bertz CT molecular complexity index is 735. The van der Waals surface area contributed by atoms with Gasteiger partial charge in [0.1, 0.15) is 12.4 Å². The van der Waals surface area contributed by atoms with Gasteiger partial charge in [-0.3, -0.25) is 0 Å². The maximum atomic E-state index is 6.14. The lowest BCUT2D eigenvalue weighted by Gasteiger charge is -2.13. The van der Waals surface area contributed by atoms with E-state index in [-0.39, 0.29) is 0 Å².